The van der Waals surface area contributed by atoms with Gasteiger partial charge in [-0.25, -0.2) is 9.18 Å². The lowest BCUT2D eigenvalue weighted by atomic mass is 9.46. The molecule has 5 fully saturated rings. The van der Waals surface area contributed by atoms with Crippen LogP contribution in [0.1, 0.15) is 95.0 Å². The van der Waals surface area contributed by atoms with Crippen molar-refractivity contribution in [2.75, 3.05) is 45.0 Å². The number of anilines is 1. The molecule has 1 aromatic heterocycles. The first-order valence-electron chi connectivity index (χ1n) is 21.9. The van der Waals surface area contributed by atoms with Crippen LogP contribution in [0.25, 0.3) is 10.9 Å². The van der Waals surface area contributed by atoms with Crippen molar-refractivity contribution in [3.05, 3.63) is 57.7 Å². The van der Waals surface area contributed by atoms with Crippen molar-refractivity contribution in [1.29, 1.82) is 0 Å². The van der Waals surface area contributed by atoms with E-state index in [1.165, 1.54) is 13.3 Å². The number of aliphatic hydroxyl groups is 2. The molecule has 0 amide bonds. The van der Waals surface area contributed by atoms with Crippen LogP contribution in [0.5, 0.6) is 5.75 Å². The summed E-state index contributed by atoms with van der Waals surface area (Å²) >= 11 is 0. The zero-order valence-corrected chi connectivity index (χ0v) is 36.1. The molecule has 5 N–H and O–H groups in total. The van der Waals surface area contributed by atoms with Crippen molar-refractivity contribution in [3.8, 4) is 5.75 Å². The smallest absolute Gasteiger partial charge is 0.341 e. The van der Waals surface area contributed by atoms with E-state index in [0.717, 1.165) is 30.9 Å². The van der Waals surface area contributed by atoms with E-state index in [1.54, 1.807) is 21.6 Å². The summed E-state index contributed by atoms with van der Waals surface area (Å²) in [6.45, 7) is 5.97. The predicted molar refractivity (Wildman–Crippen MR) is 225 cm³/mol. The van der Waals surface area contributed by atoms with E-state index in [2.05, 4.69) is 6.92 Å². The standard InChI is InChI=1S/C46H57FN4O12/c1-24-20-49(40-33(47)18-30-39(42(40)61-4)51(27-6-7-27)21-31(41(30)57)43(58)59)13-14-50(24)23-63-37(56)17-26(48)16-36(55)62-22-35(54)46(60)12-10-32-29-8-5-25-15-28(52)9-11-44(25,2)38(29)34(53)19-45(32,46)3/h9,11,15,18,21,24,26-27,29,32,34,38,53,60H,5-8,10,12-14,16-17,19-20,22-23,48H2,1-4H3,(H,58,59)/t24?,26?,29?,32-,34-,38+,44-,45-,46-/m0/s1. The zero-order chi connectivity index (χ0) is 45.3. The van der Waals surface area contributed by atoms with Crippen molar-refractivity contribution in [1.82, 2.24) is 9.47 Å². The SMILES string of the molecule is COc1c(N2CCN(COC(=O)CC(N)CC(=O)OCC(=O)[C@@]3(O)CC[C@H]4C5CCC6=CC(=O)C=C[C@]6(C)[C@H]5[C@@H](O)C[C@@]43C)C(C)C2)c(F)cc2c(=O)c(C(=O)O)cn(C3CC3)c12. The lowest BCUT2D eigenvalue weighted by Crippen LogP contribution is -2.61. The summed E-state index contributed by atoms with van der Waals surface area (Å²) in [5, 5.41) is 33.2. The maximum Gasteiger partial charge on any atom is 0.341 e. The average Bonchev–Trinajstić information content (AvgIpc) is 4.03. The summed E-state index contributed by atoms with van der Waals surface area (Å²) in [6.07, 6.45) is 8.83. The Bertz CT molecular complexity index is 2380. The number of hydrogen-bond acceptors (Lipinski definition) is 14. The number of Topliss-reactive ketones (excluding diaryl/α,β-unsaturated/α-hetero) is 1. The molecule has 17 heteroatoms. The second-order valence-electron chi connectivity index (χ2n) is 19.1. The van der Waals surface area contributed by atoms with Gasteiger partial charge in [0.25, 0.3) is 0 Å². The molecule has 1 aromatic carbocycles. The van der Waals surface area contributed by atoms with Gasteiger partial charge in [-0.1, -0.05) is 25.5 Å². The predicted octanol–water partition coefficient (Wildman–Crippen LogP) is 3.42. The van der Waals surface area contributed by atoms with Crippen LogP contribution in [0.2, 0.25) is 0 Å². The molecule has 6 aliphatic rings. The van der Waals surface area contributed by atoms with E-state index < -0.39 is 75.7 Å². The molecule has 16 nitrogen and oxygen atoms in total. The van der Waals surface area contributed by atoms with Crippen LogP contribution in [0.3, 0.4) is 0 Å². The Morgan fingerprint density at radius 1 is 1.05 bits per heavy atom. The third kappa shape index (κ3) is 7.67. The summed E-state index contributed by atoms with van der Waals surface area (Å²) < 4.78 is 34.1. The van der Waals surface area contributed by atoms with Gasteiger partial charge in [0.1, 0.15) is 23.6 Å². The van der Waals surface area contributed by atoms with Gasteiger partial charge in [-0.3, -0.25) is 28.9 Å². The molecule has 2 heterocycles. The molecule has 63 heavy (non-hydrogen) atoms. The highest BCUT2D eigenvalue weighted by molar-refractivity contribution is 6.01. The molecule has 0 spiro atoms. The molecule has 4 saturated carbocycles. The maximum atomic E-state index is 15.9. The minimum absolute atomic E-state index is 0.0192. The monoisotopic (exact) mass is 876 g/mol. The third-order valence-corrected chi connectivity index (χ3v) is 15.4. The number of ether oxygens (including phenoxy) is 3. The second-order valence-corrected chi connectivity index (χ2v) is 19.1. The number of aliphatic hydroxyl groups excluding tert-OH is 1. The fourth-order valence-electron chi connectivity index (χ4n) is 11.9. The summed E-state index contributed by atoms with van der Waals surface area (Å²) in [6, 6.07) is -0.185. The molecule has 9 atom stereocenters. The van der Waals surface area contributed by atoms with Crippen LogP contribution >= 0.6 is 0 Å². The van der Waals surface area contributed by atoms with E-state index >= 15 is 4.39 Å². The number of piperazine rings is 1. The maximum absolute atomic E-state index is 15.9. The fourth-order valence-corrected chi connectivity index (χ4v) is 11.9. The van der Waals surface area contributed by atoms with Crippen molar-refractivity contribution in [2.45, 2.75) is 108 Å². The lowest BCUT2D eigenvalue weighted by Gasteiger charge is -2.59. The van der Waals surface area contributed by atoms with Gasteiger partial charge in [0.15, 0.2) is 24.0 Å². The first-order chi connectivity index (χ1) is 29.8. The number of fused-ring (bicyclic) bond motifs is 6. The molecular weight excluding hydrogens is 820 g/mol. The summed E-state index contributed by atoms with van der Waals surface area (Å²) in [7, 11) is 1.38. The summed E-state index contributed by atoms with van der Waals surface area (Å²) in [4.78, 5) is 80.2. The molecule has 0 radical (unpaired) electrons. The Morgan fingerprint density at radius 2 is 1.76 bits per heavy atom. The normalized spacial score (nSPS) is 32.0. The number of benzene rings is 1. The highest BCUT2D eigenvalue weighted by Gasteiger charge is 2.68. The van der Waals surface area contributed by atoms with Crippen LogP contribution < -0.4 is 20.8 Å². The highest BCUT2D eigenvalue weighted by atomic mass is 19.1. The molecule has 1 aliphatic heterocycles. The second kappa shape index (κ2) is 16.5. The van der Waals surface area contributed by atoms with Gasteiger partial charge in [-0.15, -0.1) is 0 Å². The van der Waals surface area contributed by atoms with E-state index in [-0.39, 0.29) is 84.9 Å². The number of pyridine rings is 1. The number of carboxylic acids is 1. The minimum atomic E-state index is -1.82. The van der Waals surface area contributed by atoms with E-state index in [1.807, 2.05) is 24.8 Å². The van der Waals surface area contributed by atoms with Gasteiger partial charge in [0, 0.05) is 60.7 Å². The van der Waals surface area contributed by atoms with Gasteiger partial charge in [-0.2, -0.15) is 0 Å². The largest absolute Gasteiger partial charge is 0.492 e. The zero-order valence-electron chi connectivity index (χ0n) is 36.1. The molecule has 2 aromatic rings. The van der Waals surface area contributed by atoms with Crippen LogP contribution in [0.4, 0.5) is 10.1 Å². The number of rotatable bonds is 13. The number of nitrogens with two attached hydrogens (primary N) is 1. The van der Waals surface area contributed by atoms with E-state index in [0.29, 0.717) is 38.0 Å². The van der Waals surface area contributed by atoms with Crippen molar-refractivity contribution in [2.24, 2.45) is 34.3 Å². The molecular formula is C46H57FN4O12. The molecule has 8 rings (SSSR count). The van der Waals surface area contributed by atoms with Gasteiger partial charge in [-0.05, 0) is 81.9 Å². The third-order valence-electron chi connectivity index (χ3n) is 15.4. The lowest BCUT2D eigenvalue weighted by molar-refractivity contribution is -0.181. The van der Waals surface area contributed by atoms with Crippen LogP contribution in [-0.4, -0.2) is 118 Å². The molecule has 3 unspecified atom stereocenters. The number of aromatic carboxylic acids is 1. The van der Waals surface area contributed by atoms with Gasteiger partial charge in [0.05, 0.1) is 37.0 Å². The van der Waals surface area contributed by atoms with E-state index in [4.69, 9.17) is 19.9 Å². The summed E-state index contributed by atoms with van der Waals surface area (Å²) in [5.41, 5.74) is 3.14. The van der Waals surface area contributed by atoms with Crippen LogP contribution in [0, 0.1) is 34.4 Å². The number of aromatic nitrogens is 1. The number of ketones is 2. The van der Waals surface area contributed by atoms with Crippen molar-refractivity contribution in [3.63, 3.8) is 0 Å². The number of hydrogen-bond donors (Lipinski definition) is 4. The minimum Gasteiger partial charge on any atom is -0.492 e. The van der Waals surface area contributed by atoms with Gasteiger partial charge >= 0.3 is 17.9 Å². The first kappa shape index (κ1) is 44.6. The molecule has 5 aliphatic carbocycles. The van der Waals surface area contributed by atoms with Gasteiger partial charge in [0.2, 0.25) is 11.2 Å². The fraction of sp³-hybridized carbons (Fsp3) is 0.609. The molecule has 1 saturated heterocycles. The Morgan fingerprint density at radius 3 is 2.43 bits per heavy atom. The van der Waals surface area contributed by atoms with Crippen molar-refractivity contribution < 1.29 is 57.9 Å². The molecule has 340 valence electrons. The first-order valence-corrected chi connectivity index (χ1v) is 21.9. The number of halogens is 1. The number of nitrogens with zero attached hydrogens (tertiary/aromatic N) is 3. The Labute approximate surface area is 363 Å². The number of allylic oxidation sites excluding steroid dienone is 4. The topological polar surface area (TPSA) is 228 Å². The Hall–Kier alpha value is -4.97. The quantitative estimate of drug-likeness (QED) is 0.212. The number of methoxy groups -OCH3 is 1. The number of carboxylic acid groups (broad SMARTS) is 1. The van der Waals surface area contributed by atoms with E-state index in [9.17, 15) is 44.1 Å². The van der Waals surface area contributed by atoms with Gasteiger partial charge < -0.3 is 44.7 Å². The number of carbonyl (C=O) groups excluding carboxylic acids is 4. The van der Waals surface area contributed by atoms with Crippen LogP contribution in [0.15, 0.2) is 40.9 Å². The average molecular weight is 877 g/mol. The molecule has 0 bridgehead atoms. The Kier molecular flexibility index (Phi) is 11.7. The Balaban J connectivity index is 0.821. The highest BCUT2D eigenvalue weighted by Crippen LogP contribution is 2.67. The van der Waals surface area contributed by atoms with Crippen LogP contribution in [-0.2, 0) is 28.7 Å². The number of carbonyl (C=O) groups is 5. The summed E-state index contributed by atoms with van der Waals surface area (Å²) in [5.74, 6) is -4.37. The number of esters is 2. The van der Waals surface area contributed by atoms with Crippen molar-refractivity contribution >= 4 is 46.1 Å².